The van der Waals surface area contributed by atoms with Gasteiger partial charge in [0.1, 0.15) is 11.5 Å². The standard InChI is InChI=1S/C17H19F3N4O2/c18-9-1-13-14(5-24(6-15(19)20)16(13)21-4-9)17(25)23-10-2-11-7-26-8-12(3-10)22-11/h1,4-5,10-12,15,22H,2-3,6-8H2,(H,23,25)/t10-,11-,12+. The Hall–Kier alpha value is -2.13. The molecule has 2 N–H and O–H groups in total. The normalized spacial score (nSPS) is 25.6. The molecule has 0 aromatic carbocycles. The average Bonchev–Trinajstić information content (AvgIpc) is 2.91. The molecule has 4 rings (SSSR count). The fraction of sp³-hybridized carbons (Fsp3) is 0.529. The first-order valence-electron chi connectivity index (χ1n) is 8.57. The summed E-state index contributed by atoms with van der Waals surface area (Å²) in [6.45, 7) is 0.606. The van der Waals surface area contributed by atoms with Gasteiger partial charge in [0.05, 0.1) is 31.5 Å². The average molecular weight is 368 g/mol. The van der Waals surface area contributed by atoms with Crippen LogP contribution in [-0.2, 0) is 11.3 Å². The van der Waals surface area contributed by atoms with Gasteiger partial charge in [-0.05, 0) is 18.9 Å². The monoisotopic (exact) mass is 368 g/mol. The molecular formula is C17H19F3N4O2. The van der Waals surface area contributed by atoms with Gasteiger partial charge in [-0.1, -0.05) is 0 Å². The minimum absolute atomic E-state index is 0.0438. The summed E-state index contributed by atoms with van der Waals surface area (Å²) >= 11 is 0. The number of nitrogens with zero attached hydrogens (tertiary/aromatic N) is 2. The maximum Gasteiger partial charge on any atom is 0.256 e. The molecule has 2 aliphatic rings. The Morgan fingerprint density at radius 3 is 2.81 bits per heavy atom. The molecule has 0 saturated carbocycles. The molecule has 1 amide bonds. The lowest BCUT2D eigenvalue weighted by molar-refractivity contribution is 0.0148. The number of alkyl halides is 2. The van der Waals surface area contributed by atoms with Gasteiger partial charge in [0.25, 0.3) is 12.3 Å². The predicted octanol–water partition coefficient (Wildman–Crippen LogP) is 1.69. The third kappa shape index (κ3) is 3.41. The van der Waals surface area contributed by atoms with Crippen LogP contribution in [-0.4, -0.2) is 53.2 Å². The van der Waals surface area contributed by atoms with E-state index in [0.29, 0.717) is 13.2 Å². The molecule has 140 valence electrons. The maximum atomic E-state index is 13.6. The number of aromatic nitrogens is 2. The van der Waals surface area contributed by atoms with E-state index in [2.05, 4.69) is 15.6 Å². The zero-order valence-electron chi connectivity index (χ0n) is 13.9. The van der Waals surface area contributed by atoms with Gasteiger partial charge < -0.3 is 19.9 Å². The van der Waals surface area contributed by atoms with Crippen molar-refractivity contribution in [3.8, 4) is 0 Å². The van der Waals surface area contributed by atoms with Gasteiger partial charge in [0.2, 0.25) is 0 Å². The highest BCUT2D eigenvalue weighted by Crippen LogP contribution is 2.23. The molecule has 3 atom stereocenters. The SMILES string of the molecule is O=C(N[C@H]1C[C@H]2COC[C@@H](C1)N2)c1cn(CC(F)F)c2ncc(F)cc12. The summed E-state index contributed by atoms with van der Waals surface area (Å²) in [5.41, 5.74) is 0.333. The van der Waals surface area contributed by atoms with Crippen LogP contribution in [0.4, 0.5) is 13.2 Å². The minimum atomic E-state index is -2.60. The van der Waals surface area contributed by atoms with Gasteiger partial charge in [-0.2, -0.15) is 0 Å². The summed E-state index contributed by atoms with van der Waals surface area (Å²) < 4.78 is 45.9. The molecule has 4 heterocycles. The Morgan fingerprint density at radius 1 is 1.38 bits per heavy atom. The highest BCUT2D eigenvalue weighted by Gasteiger charge is 2.33. The number of carbonyl (C=O) groups excluding carboxylic acids is 1. The van der Waals surface area contributed by atoms with E-state index >= 15 is 0 Å². The Labute approximate surface area is 147 Å². The number of ether oxygens (including phenoxy) is 1. The largest absolute Gasteiger partial charge is 0.378 e. The first-order valence-corrected chi connectivity index (χ1v) is 8.57. The number of piperidine rings is 1. The van der Waals surface area contributed by atoms with E-state index in [1.807, 2.05) is 0 Å². The van der Waals surface area contributed by atoms with Crippen molar-refractivity contribution in [1.29, 1.82) is 0 Å². The number of nitrogens with one attached hydrogen (secondary N) is 2. The van der Waals surface area contributed by atoms with Crippen molar-refractivity contribution in [3.05, 3.63) is 29.8 Å². The number of pyridine rings is 1. The molecule has 6 nitrogen and oxygen atoms in total. The predicted molar refractivity (Wildman–Crippen MR) is 87.7 cm³/mol. The van der Waals surface area contributed by atoms with Crippen molar-refractivity contribution in [1.82, 2.24) is 20.2 Å². The van der Waals surface area contributed by atoms with Crippen LogP contribution in [0.15, 0.2) is 18.5 Å². The summed E-state index contributed by atoms with van der Waals surface area (Å²) in [6, 6.07) is 1.49. The van der Waals surface area contributed by atoms with Crippen molar-refractivity contribution in [2.75, 3.05) is 13.2 Å². The zero-order chi connectivity index (χ0) is 18.3. The molecule has 0 radical (unpaired) electrons. The van der Waals surface area contributed by atoms with Crippen LogP contribution >= 0.6 is 0 Å². The number of morpholine rings is 1. The number of halogens is 3. The van der Waals surface area contributed by atoms with Gasteiger partial charge >= 0.3 is 0 Å². The molecule has 2 fully saturated rings. The van der Waals surface area contributed by atoms with Crippen molar-refractivity contribution in [2.45, 2.75) is 43.9 Å². The number of rotatable bonds is 4. The Kier molecular flexibility index (Phi) is 4.58. The molecule has 2 saturated heterocycles. The number of hydrogen-bond acceptors (Lipinski definition) is 4. The molecule has 2 aromatic heterocycles. The highest BCUT2D eigenvalue weighted by molar-refractivity contribution is 6.06. The van der Waals surface area contributed by atoms with Crippen LogP contribution in [0.3, 0.4) is 0 Å². The molecule has 26 heavy (non-hydrogen) atoms. The molecule has 9 heteroatoms. The Morgan fingerprint density at radius 2 is 2.12 bits per heavy atom. The fourth-order valence-corrected chi connectivity index (χ4v) is 3.83. The van der Waals surface area contributed by atoms with E-state index in [9.17, 15) is 18.0 Å². The van der Waals surface area contributed by atoms with Crippen molar-refractivity contribution in [2.24, 2.45) is 0 Å². The topological polar surface area (TPSA) is 68.2 Å². The van der Waals surface area contributed by atoms with E-state index in [4.69, 9.17) is 4.74 Å². The van der Waals surface area contributed by atoms with Crippen LogP contribution in [0.2, 0.25) is 0 Å². The van der Waals surface area contributed by atoms with E-state index in [0.717, 1.165) is 25.1 Å². The second kappa shape index (κ2) is 6.88. The van der Waals surface area contributed by atoms with Crippen LogP contribution in [0.1, 0.15) is 23.2 Å². The number of amides is 1. The molecule has 0 aliphatic carbocycles. The van der Waals surface area contributed by atoms with Crippen molar-refractivity contribution in [3.63, 3.8) is 0 Å². The second-order valence-electron chi connectivity index (χ2n) is 6.85. The van der Waals surface area contributed by atoms with Crippen LogP contribution in [0.5, 0.6) is 0 Å². The van der Waals surface area contributed by atoms with Gasteiger partial charge in [-0.25, -0.2) is 18.2 Å². The van der Waals surface area contributed by atoms with Crippen LogP contribution in [0, 0.1) is 5.82 Å². The molecule has 0 spiro atoms. The zero-order valence-corrected chi connectivity index (χ0v) is 13.9. The summed E-state index contributed by atoms with van der Waals surface area (Å²) in [6.07, 6.45) is 1.13. The molecule has 2 aliphatic heterocycles. The fourth-order valence-electron chi connectivity index (χ4n) is 3.83. The lowest BCUT2D eigenvalue weighted by Gasteiger charge is -2.40. The molecular weight excluding hydrogens is 349 g/mol. The summed E-state index contributed by atoms with van der Waals surface area (Å²) in [5.74, 6) is -1.02. The first kappa shape index (κ1) is 17.3. The lowest BCUT2D eigenvalue weighted by atomic mass is 9.92. The van der Waals surface area contributed by atoms with Crippen molar-refractivity contribution < 1.29 is 22.7 Å². The highest BCUT2D eigenvalue weighted by atomic mass is 19.3. The summed E-state index contributed by atoms with van der Waals surface area (Å²) in [7, 11) is 0. The first-order chi connectivity index (χ1) is 12.5. The van der Waals surface area contributed by atoms with E-state index in [1.54, 1.807) is 0 Å². The quantitative estimate of drug-likeness (QED) is 0.862. The molecule has 2 aromatic rings. The van der Waals surface area contributed by atoms with E-state index in [-0.39, 0.29) is 34.7 Å². The number of fused-ring (bicyclic) bond motifs is 3. The second-order valence-corrected chi connectivity index (χ2v) is 6.85. The number of hydrogen-bond donors (Lipinski definition) is 2. The third-order valence-corrected chi connectivity index (χ3v) is 4.84. The van der Waals surface area contributed by atoms with Gasteiger partial charge in [-0.3, -0.25) is 4.79 Å². The smallest absolute Gasteiger partial charge is 0.256 e. The van der Waals surface area contributed by atoms with Crippen LogP contribution in [0.25, 0.3) is 11.0 Å². The van der Waals surface area contributed by atoms with Gasteiger partial charge in [0, 0.05) is 29.7 Å². The third-order valence-electron chi connectivity index (χ3n) is 4.84. The summed E-state index contributed by atoms with van der Waals surface area (Å²) in [4.78, 5) is 16.6. The van der Waals surface area contributed by atoms with E-state index < -0.39 is 24.7 Å². The number of carbonyl (C=O) groups is 1. The Bertz CT molecular complexity index is 814. The lowest BCUT2D eigenvalue weighted by Crippen LogP contribution is -2.58. The Balaban J connectivity index is 1.59. The maximum absolute atomic E-state index is 13.6. The van der Waals surface area contributed by atoms with Crippen molar-refractivity contribution >= 4 is 16.9 Å². The van der Waals surface area contributed by atoms with Gasteiger partial charge in [-0.15, -0.1) is 0 Å². The molecule has 2 bridgehead atoms. The van der Waals surface area contributed by atoms with E-state index in [1.165, 1.54) is 10.8 Å². The molecule has 0 unspecified atom stereocenters. The summed E-state index contributed by atoms with van der Waals surface area (Å²) in [5, 5.41) is 6.63. The van der Waals surface area contributed by atoms with Crippen LogP contribution < -0.4 is 10.6 Å². The minimum Gasteiger partial charge on any atom is -0.378 e. The van der Waals surface area contributed by atoms with Gasteiger partial charge in [0.15, 0.2) is 0 Å².